The van der Waals surface area contributed by atoms with E-state index in [9.17, 15) is 24.3 Å². The predicted molar refractivity (Wildman–Crippen MR) is 95.8 cm³/mol. The Bertz CT molecular complexity index is 677. The van der Waals surface area contributed by atoms with Crippen molar-refractivity contribution < 1.29 is 38.5 Å². The Kier molecular flexibility index (Phi) is 9.44. The van der Waals surface area contributed by atoms with Gasteiger partial charge in [-0.1, -0.05) is 30.3 Å². The molecule has 2 amide bonds. The molecule has 0 aliphatic carbocycles. The fourth-order valence-corrected chi connectivity index (χ4v) is 2.14. The second kappa shape index (κ2) is 11.5. The van der Waals surface area contributed by atoms with Crippen LogP contribution >= 0.6 is 0 Å². The largest absolute Gasteiger partial charge is 0.469 e. The van der Waals surface area contributed by atoms with Crippen molar-refractivity contribution in [2.45, 2.75) is 38.1 Å². The minimum atomic E-state index is -1.42. The first-order valence-electron chi connectivity index (χ1n) is 8.38. The standard InChI is InChI=1S/C18H24N2O8/c1-11(21)15(20-18(25)28-10-12-7-5-4-6-8-12)16(23)19-13(17(24)27-3)9-14(22)26-2/h4-8,11,13,15,21H,9-10H2,1-3H3,(H,19,23)(H,20,25)/t11-,13+,15+/m1/s1. The van der Waals surface area contributed by atoms with Gasteiger partial charge in [-0.05, 0) is 12.5 Å². The smallest absolute Gasteiger partial charge is 0.408 e. The first-order chi connectivity index (χ1) is 13.3. The summed E-state index contributed by atoms with van der Waals surface area (Å²) in [5.41, 5.74) is 0.736. The monoisotopic (exact) mass is 396 g/mol. The summed E-state index contributed by atoms with van der Waals surface area (Å²) < 4.78 is 14.0. The highest BCUT2D eigenvalue weighted by Crippen LogP contribution is 2.03. The predicted octanol–water partition coefficient (Wildman–Crippen LogP) is -0.117. The van der Waals surface area contributed by atoms with E-state index in [4.69, 9.17) is 4.74 Å². The molecule has 154 valence electrons. The molecule has 0 aliphatic heterocycles. The molecule has 3 N–H and O–H groups in total. The lowest BCUT2D eigenvalue weighted by Crippen LogP contribution is -2.56. The number of carbonyl (C=O) groups is 4. The topological polar surface area (TPSA) is 140 Å². The molecular weight excluding hydrogens is 372 g/mol. The number of amides is 2. The number of methoxy groups -OCH3 is 2. The molecule has 0 bridgehead atoms. The molecule has 0 unspecified atom stereocenters. The molecule has 1 rings (SSSR count). The maximum atomic E-state index is 12.4. The van der Waals surface area contributed by atoms with Gasteiger partial charge in [0.2, 0.25) is 5.91 Å². The molecule has 0 heterocycles. The van der Waals surface area contributed by atoms with Crippen molar-refractivity contribution in [1.29, 1.82) is 0 Å². The van der Waals surface area contributed by atoms with Crippen molar-refractivity contribution in [3.8, 4) is 0 Å². The molecule has 10 heteroatoms. The van der Waals surface area contributed by atoms with Crippen LogP contribution in [0.15, 0.2) is 30.3 Å². The summed E-state index contributed by atoms with van der Waals surface area (Å²) in [6, 6.07) is 6.10. The van der Waals surface area contributed by atoms with Gasteiger partial charge in [0.25, 0.3) is 0 Å². The molecule has 0 radical (unpaired) electrons. The summed E-state index contributed by atoms with van der Waals surface area (Å²) in [6.45, 7) is 1.24. The van der Waals surface area contributed by atoms with E-state index in [2.05, 4.69) is 20.1 Å². The SMILES string of the molecule is COC(=O)C[C@H](NC(=O)[C@@H](NC(=O)OCc1ccccc1)[C@@H](C)O)C(=O)OC. The third-order valence-corrected chi connectivity index (χ3v) is 3.65. The Balaban J connectivity index is 2.71. The number of nitrogens with one attached hydrogen (secondary N) is 2. The van der Waals surface area contributed by atoms with Gasteiger partial charge < -0.3 is 30.0 Å². The van der Waals surface area contributed by atoms with Crippen LogP contribution in [0.2, 0.25) is 0 Å². The van der Waals surface area contributed by atoms with Gasteiger partial charge in [-0.3, -0.25) is 9.59 Å². The Morgan fingerprint density at radius 3 is 2.21 bits per heavy atom. The van der Waals surface area contributed by atoms with Gasteiger partial charge in [0.15, 0.2) is 0 Å². The van der Waals surface area contributed by atoms with E-state index in [1.165, 1.54) is 6.92 Å². The van der Waals surface area contributed by atoms with Gasteiger partial charge in [0, 0.05) is 0 Å². The molecule has 0 spiro atoms. The molecule has 28 heavy (non-hydrogen) atoms. The molecule has 0 saturated heterocycles. The number of aliphatic hydroxyl groups excluding tert-OH is 1. The van der Waals surface area contributed by atoms with Crippen LogP contribution in [-0.4, -0.2) is 61.5 Å². The summed E-state index contributed by atoms with van der Waals surface area (Å²) >= 11 is 0. The molecule has 0 saturated carbocycles. The number of esters is 2. The molecule has 3 atom stereocenters. The van der Waals surface area contributed by atoms with Crippen LogP contribution in [0.1, 0.15) is 18.9 Å². The number of aliphatic hydroxyl groups is 1. The molecular formula is C18H24N2O8. The first kappa shape index (κ1) is 22.9. The zero-order chi connectivity index (χ0) is 21.1. The number of carbonyl (C=O) groups excluding carboxylic acids is 4. The third kappa shape index (κ3) is 7.62. The summed E-state index contributed by atoms with van der Waals surface area (Å²) in [5.74, 6) is -2.53. The number of rotatable bonds is 9. The molecule has 0 fully saturated rings. The van der Waals surface area contributed by atoms with Crippen molar-refractivity contribution in [1.82, 2.24) is 10.6 Å². The van der Waals surface area contributed by atoms with Crippen molar-refractivity contribution in [3.63, 3.8) is 0 Å². The molecule has 1 aromatic carbocycles. The second-order valence-corrected chi connectivity index (χ2v) is 5.79. The van der Waals surface area contributed by atoms with Gasteiger partial charge in [0.1, 0.15) is 18.7 Å². The Morgan fingerprint density at radius 2 is 1.68 bits per heavy atom. The lowest BCUT2D eigenvalue weighted by molar-refractivity contribution is -0.151. The van der Waals surface area contributed by atoms with E-state index in [-0.39, 0.29) is 6.61 Å². The maximum absolute atomic E-state index is 12.4. The minimum absolute atomic E-state index is 0.0338. The number of hydrogen-bond acceptors (Lipinski definition) is 8. The lowest BCUT2D eigenvalue weighted by Gasteiger charge is -2.23. The summed E-state index contributed by atoms with van der Waals surface area (Å²) in [5, 5.41) is 14.3. The highest BCUT2D eigenvalue weighted by molar-refractivity contribution is 5.91. The fourth-order valence-electron chi connectivity index (χ4n) is 2.14. The van der Waals surface area contributed by atoms with Gasteiger partial charge >= 0.3 is 18.0 Å². The second-order valence-electron chi connectivity index (χ2n) is 5.79. The third-order valence-electron chi connectivity index (χ3n) is 3.65. The lowest BCUT2D eigenvalue weighted by atomic mass is 10.1. The first-order valence-corrected chi connectivity index (χ1v) is 8.38. The normalized spacial score (nSPS) is 13.4. The zero-order valence-corrected chi connectivity index (χ0v) is 15.8. The fraction of sp³-hybridized carbons (Fsp3) is 0.444. The van der Waals surface area contributed by atoms with E-state index in [0.717, 1.165) is 19.8 Å². The van der Waals surface area contributed by atoms with Gasteiger partial charge in [-0.15, -0.1) is 0 Å². The summed E-state index contributed by atoms with van der Waals surface area (Å²) in [6.07, 6.45) is -2.71. The van der Waals surface area contributed by atoms with E-state index in [1.807, 2.05) is 6.07 Å². The van der Waals surface area contributed by atoms with Gasteiger partial charge in [-0.25, -0.2) is 9.59 Å². The van der Waals surface area contributed by atoms with Gasteiger partial charge in [0.05, 0.1) is 26.7 Å². The van der Waals surface area contributed by atoms with Crippen LogP contribution in [0.5, 0.6) is 0 Å². The Morgan fingerprint density at radius 1 is 1.04 bits per heavy atom. The highest BCUT2D eigenvalue weighted by atomic mass is 16.5. The van der Waals surface area contributed by atoms with Crippen molar-refractivity contribution in [2.24, 2.45) is 0 Å². The van der Waals surface area contributed by atoms with E-state index < -0.39 is 48.5 Å². The molecule has 10 nitrogen and oxygen atoms in total. The van der Waals surface area contributed by atoms with Crippen LogP contribution in [0.3, 0.4) is 0 Å². The van der Waals surface area contributed by atoms with Crippen molar-refractivity contribution in [3.05, 3.63) is 35.9 Å². The van der Waals surface area contributed by atoms with E-state index in [1.54, 1.807) is 24.3 Å². The van der Waals surface area contributed by atoms with E-state index in [0.29, 0.717) is 0 Å². The number of ether oxygens (including phenoxy) is 3. The summed E-state index contributed by atoms with van der Waals surface area (Å²) in [7, 11) is 2.21. The molecule has 1 aromatic rings. The molecule has 0 aromatic heterocycles. The average Bonchev–Trinajstić information content (AvgIpc) is 2.69. The highest BCUT2D eigenvalue weighted by Gasteiger charge is 2.32. The summed E-state index contributed by atoms with van der Waals surface area (Å²) in [4.78, 5) is 47.5. The minimum Gasteiger partial charge on any atom is -0.469 e. The number of benzene rings is 1. The van der Waals surface area contributed by atoms with Crippen LogP contribution in [0.4, 0.5) is 4.79 Å². The Labute approximate surface area is 162 Å². The van der Waals surface area contributed by atoms with Crippen LogP contribution < -0.4 is 10.6 Å². The van der Waals surface area contributed by atoms with Crippen LogP contribution in [-0.2, 0) is 35.2 Å². The van der Waals surface area contributed by atoms with Gasteiger partial charge in [-0.2, -0.15) is 0 Å². The maximum Gasteiger partial charge on any atom is 0.408 e. The van der Waals surface area contributed by atoms with E-state index >= 15 is 0 Å². The number of alkyl carbamates (subject to hydrolysis) is 1. The number of hydrogen-bond donors (Lipinski definition) is 3. The molecule has 0 aliphatic rings. The Hall–Kier alpha value is -3.14. The van der Waals surface area contributed by atoms with Crippen LogP contribution in [0.25, 0.3) is 0 Å². The average molecular weight is 396 g/mol. The van der Waals surface area contributed by atoms with Crippen molar-refractivity contribution in [2.75, 3.05) is 14.2 Å². The zero-order valence-electron chi connectivity index (χ0n) is 15.8. The quantitative estimate of drug-likeness (QED) is 0.388. The van der Waals surface area contributed by atoms with Crippen LogP contribution in [0, 0.1) is 0 Å². The van der Waals surface area contributed by atoms with Crippen molar-refractivity contribution >= 4 is 23.9 Å².